The highest BCUT2D eigenvalue weighted by molar-refractivity contribution is 7.89. The van der Waals surface area contributed by atoms with Crippen molar-refractivity contribution in [3.63, 3.8) is 0 Å². The molecule has 1 aliphatic carbocycles. The standard InChI is InChI=1S/C12H20N4O2S/c1-9(2)12(5-6-12)8-15-19(17,18)10-3-4-11(16-13)14-7-10/h3-4,7,9,15H,5-6,8,13H2,1-2H3,(H,14,16). The van der Waals surface area contributed by atoms with E-state index in [2.05, 4.69) is 29.0 Å². The van der Waals surface area contributed by atoms with E-state index in [4.69, 9.17) is 5.84 Å². The summed E-state index contributed by atoms with van der Waals surface area (Å²) >= 11 is 0. The lowest BCUT2D eigenvalue weighted by Crippen LogP contribution is -2.32. The Hall–Kier alpha value is -1.18. The summed E-state index contributed by atoms with van der Waals surface area (Å²) in [6, 6.07) is 3.02. The molecule has 1 fully saturated rings. The molecule has 0 unspecified atom stereocenters. The second-order valence-electron chi connectivity index (χ2n) is 5.37. The molecule has 6 nitrogen and oxygen atoms in total. The minimum Gasteiger partial charge on any atom is -0.308 e. The first-order valence-electron chi connectivity index (χ1n) is 6.32. The lowest BCUT2D eigenvalue weighted by molar-refractivity contribution is 0.357. The smallest absolute Gasteiger partial charge is 0.242 e. The van der Waals surface area contributed by atoms with Crippen molar-refractivity contribution in [3.05, 3.63) is 18.3 Å². The number of nitrogen functional groups attached to an aromatic ring is 1. The largest absolute Gasteiger partial charge is 0.308 e. The van der Waals surface area contributed by atoms with E-state index in [0.29, 0.717) is 18.3 Å². The van der Waals surface area contributed by atoms with Gasteiger partial charge in [0.1, 0.15) is 10.7 Å². The van der Waals surface area contributed by atoms with Gasteiger partial charge in [0.15, 0.2) is 0 Å². The van der Waals surface area contributed by atoms with Gasteiger partial charge < -0.3 is 5.43 Å². The van der Waals surface area contributed by atoms with Gasteiger partial charge in [-0.25, -0.2) is 24.0 Å². The lowest BCUT2D eigenvalue weighted by atomic mass is 9.93. The maximum absolute atomic E-state index is 12.1. The normalized spacial score (nSPS) is 17.5. The fraction of sp³-hybridized carbons (Fsp3) is 0.583. The van der Waals surface area contributed by atoms with Crippen LogP contribution in [-0.4, -0.2) is 19.9 Å². The van der Waals surface area contributed by atoms with Gasteiger partial charge in [-0.15, -0.1) is 0 Å². The zero-order valence-electron chi connectivity index (χ0n) is 11.2. The second-order valence-corrected chi connectivity index (χ2v) is 7.13. The third-order valence-electron chi connectivity index (χ3n) is 3.93. The number of aromatic nitrogens is 1. The van der Waals surface area contributed by atoms with E-state index < -0.39 is 10.0 Å². The maximum atomic E-state index is 12.1. The summed E-state index contributed by atoms with van der Waals surface area (Å²) in [5.74, 6) is 6.10. The Morgan fingerprint density at radius 1 is 1.42 bits per heavy atom. The number of rotatable bonds is 6. The van der Waals surface area contributed by atoms with Crippen LogP contribution in [0.2, 0.25) is 0 Å². The molecular formula is C12H20N4O2S. The first-order valence-corrected chi connectivity index (χ1v) is 7.80. The van der Waals surface area contributed by atoms with Gasteiger partial charge in [-0.3, -0.25) is 0 Å². The topological polar surface area (TPSA) is 97.1 Å². The highest BCUT2D eigenvalue weighted by atomic mass is 32.2. The van der Waals surface area contributed by atoms with E-state index in [9.17, 15) is 8.42 Å². The number of nitrogens with zero attached hydrogens (tertiary/aromatic N) is 1. The van der Waals surface area contributed by atoms with E-state index in [1.54, 1.807) is 0 Å². The minimum atomic E-state index is -3.49. The van der Waals surface area contributed by atoms with E-state index in [0.717, 1.165) is 12.8 Å². The van der Waals surface area contributed by atoms with Crippen LogP contribution in [0.4, 0.5) is 5.82 Å². The highest BCUT2D eigenvalue weighted by Crippen LogP contribution is 2.51. The Bertz CT molecular complexity index is 535. The van der Waals surface area contributed by atoms with E-state index >= 15 is 0 Å². The summed E-state index contributed by atoms with van der Waals surface area (Å²) in [6.07, 6.45) is 3.47. The van der Waals surface area contributed by atoms with Crippen LogP contribution in [0.15, 0.2) is 23.2 Å². The molecule has 1 aromatic rings. The van der Waals surface area contributed by atoms with Crippen LogP contribution in [-0.2, 0) is 10.0 Å². The molecule has 0 aromatic carbocycles. The van der Waals surface area contributed by atoms with Crippen molar-refractivity contribution in [2.75, 3.05) is 12.0 Å². The van der Waals surface area contributed by atoms with Gasteiger partial charge in [-0.2, -0.15) is 0 Å². The molecule has 106 valence electrons. The third kappa shape index (κ3) is 3.05. The zero-order valence-corrected chi connectivity index (χ0v) is 12.0. The van der Waals surface area contributed by atoms with E-state index in [1.807, 2.05) is 0 Å². The number of sulfonamides is 1. The second kappa shape index (κ2) is 5.07. The molecule has 0 atom stereocenters. The Balaban J connectivity index is 2.06. The van der Waals surface area contributed by atoms with Gasteiger partial charge in [0.05, 0.1) is 0 Å². The number of nitrogens with two attached hydrogens (primary N) is 1. The molecule has 0 saturated heterocycles. The molecule has 0 radical (unpaired) electrons. The van der Waals surface area contributed by atoms with E-state index in [-0.39, 0.29) is 10.3 Å². The highest BCUT2D eigenvalue weighted by Gasteiger charge is 2.45. The fourth-order valence-corrected chi connectivity index (χ4v) is 3.15. The summed E-state index contributed by atoms with van der Waals surface area (Å²) < 4.78 is 26.9. The van der Waals surface area contributed by atoms with Gasteiger partial charge in [-0.1, -0.05) is 13.8 Å². The molecule has 0 aliphatic heterocycles. The van der Waals surface area contributed by atoms with Gasteiger partial charge in [-0.05, 0) is 36.3 Å². The summed E-state index contributed by atoms with van der Waals surface area (Å²) in [7, 11) is -3.49. The molecule has 1 aromatic heterocycles. The predicted octanol–water partition coefficient (Wildman–Crippen LogP) is 1.08. The first-order chi connectivity index (χ1) is 8.89. The van der Waals surface area contributed by atoms with Crippen LogP contribution in [0, 0.1) is 11.3 Å². The van der Waals surface area contributed by atoms with Crippen molar-refractivity contribution < 1.29 is 8.42 Å². The number of hydrazine groups is 1. The molecule has 4 N–H and O–H groups in total. The predicted molar refractivity (Wildman–Crippen MR) is 73.7 cm³/mol. The molecule has 1 saturated carbocycles. The molecule has 7 heteroatoms. The van der Waals surface area contributed by atoms with Crippen molar-refractivity contribution in [1.29, 1.82) is 0 Å². The summed E-state index contributed by atoms with van der Waals surface area (Å²) in [4.78, 5) is 4.06. The zero-order chi connectivity index (χ0) is 14.1. The Kier molecular flexibility index (Phi) is 3.80. The molecule has 19 heavy (non-hydrogen) atoms. The lowest BCUT2D eigenvalue weighted by Gasteiger charge is -2.19. The number of hydrogen-bond acceptors (Lipinski definition) is 5. The monoisotopic (exact) mass is 284 g/mol. The molecule has 1 aliphatic rings. The summed E-state index contributed by atoms with van der Waals surface area (Å²) in [5.41, 5.74) is 2.50. The Morgan fingerprint density at radius 3 is 2.53 bits per heavy atom. The Labute approximate surface area is 113 Å². The van der Waals surface area contributed by atoms with Crippen LogP contribution in [0.1, 0.15) is 26.7 Å². The third-order valence-corrected chi connectivity index (χ3v) is 5.31. The molecule has 2 rings (SSSR count). The van der Waals surface area contributed by atoms with Crippen LogP contribution in [0.3, 0.4) is 0 Å². The minimum absolute atomic E-state index is 0.138. The van der Waals surface area contributed by atoms with Gasteiger partial charge >= 0.3 is 0 Å². The average Bonchev–Trinajstić information content (AvgIpc) is 3.18. The van der Waals surface area contributed by atoms with Gasteiger partial charge in [0, 0.05) is 12.7 Å². The van der Waals surface area contributed by atoms with E-state index in [1.165, 1.54) is 18.3 Å². The van der Waals surface area contributed by atoms with Crippen molar-refractivity contribution >= 4 is 15.8 Å². The number of hydrogen-bond donors (Lipinski definition) is 3. The average molecular weight is 284 g/mol. The summed E-state index contributed by atoms with van der Waals surface area (Å²) in [5, 5.41) is 0. The molecule has 0 bridgehead atoms. The van der Waals surface area contributed by atoms with Crippen LogP contribution < -0.4 is 16.0 Å². The molecule has 0 amide bonds. The van der Waals surface area contributed by atoms with Crippen molar-refractivity contribution in [3.8, 4) is 0 Å². The van der Waals surface area contributed by atoms with Crippen molar-refractivity contribution in [1.82, 2.24) is 9.71 Å². The van der Waals surface area contributed by atoms with Crippen molar-refractivity contribution in [2.45, 2.75) is 31.6 Å². The first kappa shape index (κ1) is 14.2. The summed E-state index contributed by atoms with van der Waals surface area (Å²) in [6.45, 7) is 4.75. The van der Waals surface area contributed by atoms with Crippen LogP contribution >= 0.6 is 0 Å². The number of anilines is 1. The molecule has 0 spiro atoms. The van der Waals surface area contributed by atoms with Crippen LogP contribution in [0.25, 0.3) is 0 Å². The Morgan fingerprint density at radius 2 is 2.11 bits per heavy atom. The van der Waals surface area contributed by atoms with Crippen molar-refractivity contribution in [2.24, 2.45) is 17.2 Å². The fourth-order valence-electron chi connectivity index (χ4n) is 2.07. The maximum Gasteiger partial charge on any atom is 0.242 e. The van der Waals surface area contributed by atoms with Gasteiger partial charge in [0.2, 0.25) is 10.0 Å². The van der Waals surface area contributed by atoms with Crippen LogP contribution in [0.5, 0.6) is 0 Å². The SMILES string of the molecule is CC(C)C1(CNS(=O)(=O)c2ccc(NN)nc2)CC1. The van der Waals surface area contributed by atoms with Gasteiger partial charge in [0.25, 0.3) is 0 Å². The number of nitrogens with one attached hydrogen (secondary N) is 2. The quantitative estimate of drug-likeness (QED) is 0.536. The molecular weight excluding hydrogens is 264 g/mol. The number of pyridine rings is 1. The molecule has 1 heterocycles.